The molecule has 0 rings (SSSR count). The van der Waals surface area contributed by atoms with E-state index in [0.29, 0.717) is 0 Å². The highest BCUT2D eigenvalue weighted by Crippen LogP contribution is 2.03. The van der Waals surface area contributed by atoms with Crippen molar-refractivity contribution in [3.63, 3.8) is 0 Å². The minimum absolute atomic E-state index is 0.720. The van der Waals surface area contributed by atoms with Crippen molar-refractivity contribution in [2.24, 2.45) is 5.73 Å². The molecular weight excluding hydrogens is 176 g/mol. The molecule has 0 fully saturated rings. The smallest absolute Gasteiger partial charge is 0.0725 e. The lowest BCUT2D eigenvalue weighted by molar-refractivity contribution is -0.160. The van der Waals surface area contributed by atoms with Gasteiger partial charge in [0.05, 0.1) is 7.11 Å². The van der Waals surface area contributed by atoms with Crippen LogP contribution in [-0.2, 0) is 9.22 Å². The number of hydrogen-bond acceptors (Lipinski definition) is 5. The van der Waals surface area contributed by atoms with Gasteiger partial charge in [-0.3, -0.25) is 0 Å². The van der Waals surface area contributed by atoms with E-state index in [1.807, 2.05) is 0 Å². The van der Waals surface area contributed by atoms with Gasteiger partial charge in [0, 0.05) is 30.9 Å². The maximum Gasteiger partial charge on any atom is 0.0725 e. The van der Waals surface area contributed by atoms with E-state index in [2.05, 4.69) is 21.2 Å². The van der Waals surface area contributed by atoms with Crippen LogP contribution >= 0.6 is 12.0 Å². The number of rotatable bonds is 8. The van der Waals surface area contributed by atoms with Crippen LogP contribution < -0.4 is 5.73 Å². The number of nitrogens with two attached hydrogens (primary N) is 1. The molecule has 0 spiro atoms. The van der Waals surface area contributed by atoms with Crippen molar-refractivity contribution in [2.75, 3.05) is 39.5 Å². The first-order chi connectivity index (χ1) is 5.81. The summed E-state index contributed by atoms with van der Waals surface area (Å²) in [6, 6.07) is 0. The van der Waals surface area contributed by atoms with E-state index in [-0.39, 0.29) is 0 Å². The van der Waals surface area contributed by atoms with Crippen molar-refractivity contribution < 1.29 is 9.22 Å². The van der Waals surface area contributed by atoms with Crippen LogP contribution in [0.5, 0.6) is 0 Å². The maximum atomic E-state index is 5.39. The first-order valence-corrected chi connectivity index (χ1v) is 4.93. The summed E-state index contributed by atoms with van der Waals surface area (Å²) in [6.07, 6.45) is 1.09. The van der Waals surface area contributed by atoms with E-state index < -0.39 is 0 Å². The van der Waals surface area contributed by atoms with E-state index in [1.54, 1.807) is 0 Å². The van der Waals surface area contributed by atoms with E-state index >= 15 is 0 Å². The van der Waals surface area contributed by atoms with E-state index in [4.69, 9.17) is 5.73 Å². The third-order valence-electron chi connectivity index (χ3n) is 1.39. The van der Waals surface area contributed by atoms with Gasteiger partial charge in [0.1, 0.15) is 0 Å². The molecule has 5 heteroatoms. The van der Waals surface area contributed by atoms with Crippen LogP contribution in [0.1, 0.15) is 6.42 Å². The number of nitrogens with zero attached hydrogens (tertiary/aromatic N) is 1. The normalized spacial score (nSPS) is 11.0. The monoisotopic (exact) mass is 194 g/mol. The fraction of sp³-hybridized carbons (Fsp3) is 1.00. The van der Waals surface area contributed by atoms with Crippen LogP contribution in [0, 0.1) is 0 Å². The molecule has 0 unspecified atom stereocenters. The predicted octanol–water partition coefficient (Wildman–Crippen LogP) is 0.493. The minimum atomic E-state index is 0.720. The summed E-state index contributed by atoms with van der Waals surface area (Å²) in [4.78, 5) is 6.63. The van der Waals surface area contributed by atoms with Crippen LogP contribution in [-0.4, -0.2) is 44.4 Å². The molecule has 0 aromatic rings. The lowest BCUT2D eigenvalue weighted by atomic mass is 10.4. The van der Waals surface area contributed by atoms with Crippen molar-refractivity contribution >= 4 is 12.0 Å². The molecule has 2 N–H and O–H groups in total. The van der Waals surface area contributed by atoms with Crippen molar-refractivity contribution in [2.45, 2.75) is 6.42 Å². The molecule has 0 aromatic heterocycles. The van der Waals surface area contributed by atoms with Crippen LogP contribution in [0.2, 0.25) is 0 Å². The van der Waals surface area contributed by atoms with Gasteiger partial charge in [-0.1, -0.05) is 0 Å². The molecule has 0 saturated carbocycles. The van der Waals surface area contributed by atoms with Crippen LogP contribution in [0.15, 0.2) is 0 Å². The van der Waals surface area contributed by atoms with Crippen LogP contribution in [0.4, 0.5) is 0 Å². The van der Waals surface area contributed by atoms with Gasteiger partial charge in [0.25, 0.3) is 0 Å². The quantitative estimate of drug-likeness (QED) is 0.264. The van der Waals surface area contributed by atoms with Crippen molar-refractivity contribution in [3.05, 3.63) is 0 Å². The van der Waals surface area contributed by atoms with Gasteiger partial charge in [-0.15, -0.1) is 0 Å². The molecule has 0 radical (unpaired) electrons. The van der Waals surface area contributed by atoms with Crippen molar-refractivity contribution in [1.29, 1.82) is 0 Å². The lowest BCUT2D eigenvalue weighted by Crippen LogP contribution is -2.26. The fourth-order valence-corrected chi connectivity index (χ4v) is 1.22. The second kappa shape index (κ2) is 9.28. The Hall–Kier alpha value is 0.190. The molecule has 0 aliphatic rings. The Morgan fingerprint density at radius 1 is 1.42 bits per heavy atom. The van der Waals surface area contributed by atoms with Gasteiger partial charge in [0.2, 0.25) is 0 Å². The van der Waals surface area contributed by atoms with Crippen molar-refractivity contribution in [3.8, 4) is 0 Å². The molecule has 0 heterocycles. The Bertz CT molecular complexity index is 95.5. The predicted molar refractivity (Wildman–Crippen MR) is 51.7 cm³/mol. The molecule has 0 aliphatic heterocycles. The minimum Gasteiger partial charge on any atom is -0.329 e. The molecule has 0 amide bonds. The zero-order valence-corrected chi connectivity index (χ0v) is 8.60. The molecule has 0 aromatic carbocycles. The van der Waals surface area contributed by atoms with E-state index in [1.165, 1.54) is 19.2 Å². The first-order valence-electron chi connectivity index (χ1n) is 4.02. The van der Waals surface area contributed by atoms with Gasteiger partial charge in [-0.2, -0.15) is 4.33 Å². The average molecular weight is 194 g/mol. The van der Waals surface area contributed by atoms with Gasteiger partial charge in [-0.05, 0) is 20.0 Å². The summed E-state index contributed by atoms with van der Waals surface area (Å²) in [5, 5.41) is 0. The Balaban J connectivity index is 2.97. The van der Waals surface area contributed by atoms with Crippen LogP contribution in [0.25, 0.3) is 0 Å². The zero-order valence-electron chi connectivity index (χ0n) is 7.78. The summed E-state index contributed by atoms with van der Waals surface area (Å²) < 4.78 is 4.65. The second-order valence-corrected chi connectivity index (χ2v) is 3.28. The van der Waals surface area contributed by atoms with Gasteiger partial charge < -0.3 is 10.6 Å². The average Bonchev–Trinajstić information content (AvgIpc) is 2.05. The summed E-state index contributed by atoms with van der Waals surface area (Å²) >= 11 is 1.33. The first kappa shape index (κ1) is 12.2. The topological polar surface area (TPSA) is 47.7 Å². The Morgan fingerprint density at radius 2 is 2.17 bits per heavy atom. The standard InChI is InChI=1S/C7H18N2O2S/c1-9(6-4-8)5-3-7-12-11-10-2/h3-8H2,1-2H3. The third-order valence-corrected chi connectivity index (χ3v) is 2.08. The number of likely N-dealkylation sites (N-methyl/N-ethyl adjacent to an activating group) is 1. The van der Waals surface area contributed by atoms with Gasteiger partial charge in [-0.25, -0.2) is 4.89 Å². The summed E-state index contributed by atoms with van der Waals surface area (Å²) in [7, 11) is 3.57. The summed E-state index contributed by atoms with van der Waals surface area (Å²) in [5.74, 6) is 0.947. The molecule has 0 aliphatic carbocycles. The zero-order chi connectivity index (χ0) is 9.23. The maximum absolute atomic E-state index is 5.39. The Labute approximate surface area is 78.5 Å². The highest BCUT2D eigenvalue weighted by molar-refractivity contribution is 7.94. The van der Waals surface area contributed by atoms with Crippen molar-refractivity contribution in [1.82, 2.24) is 4.90 Å². The molecule has 12 heavy (non-hydrogen) atoms. The van der Waals surface area contributed by atoms with Gasteiger partial charge in [0.15, 0.2) is 0 Å². The molecule has 4 nitrogen and oxygen atoms in total. The SMILES string of the molecule is COOSCCCN(C)CCN. The largest absolute Gasteiger partial charge is 0.329 e. The lowest BCUT2D eigenvalue weighted by Gasteiger charge is -2.14. The molecular formula is C7H18N2O2S. The fourth-order valence-electron chi connectivity index (χ4n) is 0.808. The highest BCUT2D eigenvalue weighted by atomic mass is 32.2. The summed E-state index contributed by atoms with van der Waals surface area (Å²) in [6.45, 7) is 2.73. The highest BCUT2D eigenvalue weighted by Gasteiger charge is 1.96. The Morgan fingerprint density at radius 3 is 2.75 bits per heavy atom. The van der Waals surface area contributed by atoms with Gasteiger partial charge >= 0.3 is 0 Å². The Kier molecular flexibility index (Phi) is 9.43. The van der Waals surface area contributed by atoms with Crippen LogP contribution in [0.3, 0.4) is 0 Å². The number of hydrogen-bond donors (Lipinski definition) is 1. The molecule has 0 atom stereocenters. The molecule has 74 valence electrons. The van der Waals surface area contributed by atoms with E-state index in [0.717, 1.165) is 31.8 Å². The molecule has 0 bridgehead atoms. The molecule has 0 saturated heterocycles. The third kappa shape index (κ3) is 8.29. The van der Waals surface area contributed by atoms with E-state index in [9.17, 15) is 0 Å². The second-order valence-electron chi connectivity index (χ2n) is 2.50. The summed E-state index contributed by atoms with van der Waals surface area (Å²) in [5.41, 5.74) is 5.39.